The fourth-order valence-electron chi connectivity index (χ4n) is 4.10. The van der Waals surface area contributed by atoms with Gasteiger partial charge in [0.2, 0.25) is 0 Å². The second kappa shape index (κ2) is 7.17. The molecule has 5 heteroatoms. The predicted octanol–water partition coefficient (Wildman–Crippen LogP) is 5.14. The number of hydrogen-bond acceptors (Lipinski definition) is 4. The molecule has 0 radical (unpaired) electrons. The lowest BCUT2D eigenvalue weighted by Crippen LogP contribution is -2.21. The number of fused-ring (bicyclic) bond motifs is 2. The second-order valence-corrected chi connectivity index (χ2v) is 8.50. The van der Waals surface area contributed by atoms with Crippen LogP contribution in [0.4, 0.5) is 0 Å². The first-order valence-corrected chi connectivity index (χ1v) is 10.4. The Morgan fingerprint density at radius 2 is 1.70 bits per heavy atom. The zero-order chi connectivity index (χ0) is 20.8. The third kappa shape index (κ3) is 3.30. The van der Waals surface area contributed by atoms with Crippen LogP contribution in [0.15, 0.2) is 54.7 Å². The van der Waals surface area contributed by atoms with Crippen molar-refractivity contribution in [1.29, 1.82) is 0 Å². The molecule has 0 spiro atoms. The molecule has 5 nitrogen and oxygen atoms in total. The minimum Gasteiger partial charge on any atom is -0.294 e. The van der Waals surface area contributed by atoms with E-state index in [1.165, 1.54) is 16.7 Å². The van der Waals surface area contributed by atoms with E-state index in [1.54, 1.807) is 10.7 Å². The van der Waals surface area contributed by atoms with Crippen molar-refractivity contribution in [2.75, 3.05) is 0 Å². The average molecular weight is 396 g/mol. The van der Waals surface area contributed by atoms with Crippen LogP contribution in [0.25, 0.3) is 17.2 Å². The van der Waals surface area contributed by atoms with E-state index in [0.29, 0.717) is 29.5 Å². The minimum atomic E-state index is 0.121. The molecule has 4 aromatic rings. The Bertz CT molecular complexity index is 1240. The SMILES string of the molecule is Cc1ccc(-c2nc3nc4c(cn3n2)C(=O)CC(c2ccc(C(C)C)cc2)C4)cc1. The molecule has 0 amide bonds. The third-order valence-corrected chi connectivity index (χ3v) is 5.97. The molecular weight excluding hydrogens is 372 g/mol. The van der Waals surface area contributed by atoms with Gasteiger partial charge in [-0.1, -0.05) is 67.9 Å². The molecule has 0 bridgehead atoms. The highest BCUT2D eigenvalue weighted by atomic mass is 16.1. The average Bonchev–Trinajstić information content (AvgIpc) is 3.16. The molecule has 2 aromatic carbocycles. The molecule has 30 heavy (non-hydrogen) atoms. The molecule has 5 rings (SSSR count). The molecule has 0 fully saturated rings. The highest BCUT2D eigenvalue weighted by Gasteiger charge is 2.28. The van der Waals surface area contributed by atoms with Crippen LogP contribution in [-0.4, -0.2) is 25.4 Å². The van der Waals surface area contributed by atoms with E-state index in [9.17, 15) is 4.79 Å². The monoisotopic (exact) mass is 396 g/mol. The summed E-state index contributed by atoms with van der Waals surface area (Å²) in [7, 11) is 0. The minimum absolute atomic E-state index is 0.121. The van der Waals surface area contributed by atoms with Gasteiger partial charge in [0.1, 0.15) is 0 Å². The molecule has 1 aliphatic rings. The van der Waals surface area contributed by atoms with Crippen molar-refractivity contribution in [2.45, 2.75) is 45.4 Å². The molecule has 0 N–H and O–H groups in total. The van der Waals surface area contributed by atoms with Gasteiger partial charge in [0, 0.05) is 18.2 Å². The van der Waals surface area contributed by atoms with Crippen LogP contribution in [0.2, 0.25) is 0 Å². The van der Waals surface area contributed by atoms with Gasteiger partial charge in [-0.2, -0.15) is 4.98 Å². The number of nitrogens with zero attached hydrogens (tertiary/aromatic N) is 4. The summed E-state index contributed by atoms with van der Waals surface area (Å²) < 4.78 is 1.63. The van der Waals surface area contributed by atoms with Gasteiger partial charge in [-0.3, -0.25) is 4.79 Å². The maximum absolute atomic E-state index is 12.9. The molecule has 0 saturated heterocycles. The Morgan fingerprint density at radius 3 is 2.40 bits per heavy atom. The molecule has 1 atom stereocenters. The van der Waals surface area contributed by atoms with E-state index in [4.69, 9.17) is 4.98 Å². The van der Waals surface area contributed by atoms with Crippen LogP contribution in [0, 0.1) is 6.92 Å². The summed E-state index contributed by atoms with van der Waals surface area (Å²) in [6, 6.07) is 16.7. The summed E-state index contributed by atoms with van der Waals surface area (Å²) in [5.74, 6) is 1.93. The number of aromatic nitrogens is 4. The van der Waals surface area contributed by atoms with Crippen LogP contribution >= 0.6 is 0 Å². The molecule has 150 valence electrons. The molecular formula is C25H24N4O. The quantitative estimate of drug-likeness (QED) is 0.481. The smallest absolute Gasteiger partial charge is 0.252 e. The van der Waals surface area contributed by atoms with Crippen LogP contribution in [0.3, 0.4) is 0 Å². The Balaban J connectivity index is 1.49. The van der Waals surface area contributed by atoms with Gasteiger partial charge < -0.3 is 0 Å². The Labute approximate surface area is 175 Å². The molecule has 1 unspecified atom stereocenters. The molecule has 1 aliphatic carbocycles. The zero-order valence-corrected chi connectivity index (χ0v) is 17.5. The van der Waals surface area contributed by atoms with Crippen molar-refractivity contribution in [2.24, 2.45) is 0 Å². The van der Waals surface area contributed by atoms with Gasteiger partial charge in [0.05, 0.1) is 11.3 Å². The zero-order valence-electron chi connectivity index (χ0n) is 17.5. The predicted molar refractivity (Wildman–Crippen MR) is 117 cm³/mol. The van der Waals surface area contributed by atoms with Crippen LogP contribution in [0.1, 0.15) is 64.8 Å². The van der Waals surface area contributed by atoms with Crippen molar-refractivity contribution in [3.05, 3.63) is 82.7 Å². The summed E-state index contributed by atoms with van der Waals surface area (Å²) in [4.78, 5) is 22.2. The molecule has 2 aromatic heterocycles. The van der Waals surface area contributed by atoms with Gasteiger partial charge in [-0.25, -0.2) is 9.50 Å². The lowest BCUT2D eigenvalue weighted by Gasteiger charge is -2.23. The molecule has 0 aliphatic heterocycles. The number of ketones is 1. The number of Topliss-reactive ketones (excluding diaryl/α,β-unsaturated/α-hetero) is 1. The molecule has 0 saturated carbocycles. The summed E-state index contributed by atoms with van der Waals surface area (Å²) in [6.07, 6.45) is 3.04. The highest BCUT2D eigenvalue weighted by molar-refractivity contribution is 5.98. The summed E-state index contributed by atoms with van der Waals surface area (Å²) in [5.41, 5.74) is 6.13. The number of carbonyl (C=O) groups is 1. The normalized spacial score (nSPS) is 16.3. The van der Waals surface area contributed by atoms with Crippen molar-refractivity contribution in [3.8, 4) is 11.4 Å². The van der Waals surface area contributed by atoms with Crippen molar-refractivity contribution in [1.82, 2.24) is 19.6 Å². The van der Waals surface area contributed by atoms with Gasteiger partial charge in [-0.15, -0.1) is 5.10 Å². The van der Waals surface area contributed by atoms with Gasteiger partial charge in [0.25, 0.3) is 5.78 Å². The lowest BCUT2D eigenvalue weighted by molar-refractivity contribution is 0.0962. The standard InChI is InChI=1S/C25H24N4O/c1-15(2)17-8-10-18(11-9-17)20-12-22-21(23(30)13-20)14-29-25(26-22)27-24(28-29)19-6-4-16(3)5-7-19/h4-11,14-15,20H,12-13H2,1-3H3. The first kappa shape index (κ1) is 18.7. The third-order valence-electron chi connectivity index (χ3n) is 5.97. The Kier molecular flexibility index (Phi) is 4.46. The molecule has 2 heterocycles. The van der Waals surface area contributed by atoms with E-state index in [0.717, 1.165) is 17.7 Å². The van der Waals surface area contributed by atoms with Gasteiger partial charge in [0.15, 0.2) is 11.6 Å². The number of aryl methyl sites for hydroxylation is 1. The number of carbonyl (C=O) groups excluding carboxylic acids is 1. The van der Waals surface area contributed by atoms with E-state index in [2.05, 4.69) is 55.1 Å². The van der Waals surface area contributed by atoms with E-state index in [-0.39, 0.29) is 11.7 Å². The van der Waals surface area contributed by atoms with Crippen molar-refractivity contribution >= 4 is 11.6 Å². The summed E-state index contributed by atoms with van der Waals surface area (Å²) in [6.45, 7) is 6.43. The largest absolute Gasteiger partial charge is 0.294 e. The van der Waals surface area contributed by atoms with Crippen LogP contribution in [0.5, 0.6) is 0 Å². The Hall–Kier alpha value is -3.34. The maximum atomic E-state index is 12.9. The van der Waals surface area contributed by atoms with E-state index >= 15 is 0 Å². The first-order chi connectivity index (χ1) is 14.5. The first-order valence-electron chi connectivity index (χ1n) is 10.4. The van der Waals surface area contributed by atoms with E-state index in [1.807, 2.05) is 24.3 Å². The Morgan fingerprint density at radius 1 is 0.967 bits per heavy atom. The number of hydrogen-bond donors (Lipinski definition) is 0. The highest BCUT2D eigenvalue weighted by Crippen LogP contribution is 2.33. The van der Waals surface area contributed by atoms with Gasteiger partial charge >= 0.3 is 0 Å². The van der Waals surface area contributed by atoms with E-state index < -0.39 is 0 Å². The van der Waals surface area contributed by atoms with Gasteiger partial charge in [-0.05, 0) is 36.3 Å². The van der Waals surface area contributed by atoms with Crippen LogP contribution < -0.4 is 0 Å². The summed E-state index contributed by atoms with van der Waals surface area (Å²) in [5, 5.41) is 4.55. The maximum Gasteiger partial charge on any atom is 0.252 e. The van der Waals surface area contributed by atoms with Crippen LogP contribution in [-0.2, 0) is 6.42 Å². The number of rotatable bonds is 3. The summed E-state index contributed by atoms with van der Waals surface area (Å²) >= 11 is 0. The lowest BCUT2D eigenvalue weighted by atomic mass is 9.81. The van der Waals surface area contributed by atoms with Crippen molar-refractivity contribution in [3.63, 3.8) is 0 Å². The topological polar surface area (TPSA) is 60.1 Å². The number of benzene rings is 2. The second-order valence-electron chi connectivity index (χ2n) is 8.50. The fourth-order valence-corrected chi connectivity index (χ4v) is 4.10. The fraction of sp³-hybridized carbons (Fsp3) is 0.280. The van der Waals surface area contributed by atoms with Crippen molar-refractivity contribution < 1.29 is 4.79 Å².